The van der Waals surface area contributed by atoms with Gasteiger partial charge in [0.25, 0.3) is 5.91 Å². The van der Waals surface area contributed by atoms with Gasteiger partial charge in [-0.3, -0.25) is 9.78 Å². The third kappa shape index (κ3) is 4.12. The van der Waals surface area contributed by atoms with Crippen LogP contribution in [0.15, 0.2) is 95.7 Å². The molecular formula is C26H19N3O4. The molecule has 0 aliphatic heterocycles. The molecule has 2 aromatic heterocycles. The van der Waals surface area contributed by atoms with Gasteiger partial charge in [-0.25, -0.2) is 4.98 Å². The van der Waals surface area contributed by atoms with Gasteiger partial charge in [-0.2, -0.15) is 0 Å². The maximum Gasteiger partial charge on any atom is 0.262 e. The predicted octanol–water partition coefficient (Wildman–Crippen LogP) is 5.15. The molecule has 3 aromatic carbocycles. The molecule has 0 atom stereocenters. The summed E-state index contributed by atoms with van der Waals surface area (Å²) in [6.07, 6.45) is 3.35. The molecule has 33 heavy (non-hydrogen) atoms. The molecule has 2 heterocycles. The van der Waals surface area contributed by atoms with E-state index in [4.69, 9.17) is 4.42 Å². The number of aromatic nitrogens is 2. The number of rotatable bonds is 5. The molecule has 0 saturated carbocycles. The normalized spacial score (nSPS) is 10.9. The molecule has 2 N–H and O–H groups in total. The Kier molecular flexibility index (Phi) is 5.20. The van der Waals surface area contributed by atoms with Crippen LogP contribution in [-0.4, -0.2) is 26.1 Å². The van der Waals surface area contributed by atoms with E-state index in [1.54, 1.807) is 35.5 Å². The molecule has 5 rings (SSSR count). The van der Waals surface area contributed by atoms with Gasteiger partial charge in [0.15, 0.2) is 5.58 Å². The van der Waals surface area contributed by atoms with Crippen LogP contribution in [-0.2, 0) is 6.54 Å². The van der Waals surface area contributed by atoms with E-state index in [1.165, 1.54) is 12.1 Å². The molecule has 0 radical (unpaired) electrons. The smallest absolute Gasteiger partial charge is 0.262 e. The second-order valence-corrected chi connectivity index (χ2v) is 7.49. The fraction of sp³-hybridized carbons (Fsp3) is 0.0385. The van der Waals surface area contributed by atoms with Crippen molar-refractivity contribution >= 4 is 22.7 Å². The number of aromatic hydroxyl groups is 2. The molecule has 7 heteroatoms. The van der Waals surface area contributed by atoms with Crippen LogP contribution >= 0.6 is 0 Å². The lowest BCUT2D eigenvalue weighted by molar-refractivity contribution is 0.0982. The third-order valence-electron chi connectivity index (χ3n) is 5.24. The quantitative estimate of drug-likeness (QED) is 0.395. The number of oxazole rings is 1. The average molecular weight is 437 g/mol. The summed E-state index contributed by atoms with van der Waals surface area (Å²) >= 11 is 0. The van der Waals surface area contributed by atoms with Gasteiger partial charge in [-0.1, -0.05) is 18.2 Å². The number of benzene rings is 3. The molecular weight excluding hydrogens is 418 g/mol. The number of hydrogen-bond donors (Lipinski definition) is 2. The van der Waals surface area contributed by atoms with Crippen LogP contribution < -0.4 is 4.90 Å². The lowest BCUT2D eigenvalue weighted by Gasteiger charge is -2.23. The third-order valence-corrected chi connectivity index (χ3v) is 5.24. The van der Waals surface area contributed by atoms with Crippen molar-refractivity contribution in [1.29, 1.82) is 0 Å². The zero-order valence-corrected chi connectivity index (χ0v) is 17.4. The fourth-order valence-electron chi connectivity index (χ4n) is 3.58. The summed E-state index contributed by atoms with van der Waals surface area (Å²) in [7, 11) is 0. The number of carbonyl (C=O) groups is 1. The van der Waals surface area contributed by atoms with E-state index in [0.29, 0.717) is 17.2 Å². The van der Waals surface area contributed by atoms with Crippen LogP contribution in [0.5, 0.6) is 11.5 Å². The number of phenols is 2. The molecule has 0 aliphatic carbocycles. The number of anilines is 1. The number of pyridine rings is 1. The zero-order valence-electron chi connectivity index (χ0n) is 17.4. The molecule has 7 nitrogen and oxygen atoms in total. The molecule has 1 amide bonds. The van der Waals surface area contributed by atoms with Crippen LogP contribution in [0.1, 0.15) is 15.9 Å². The SMILES string of the molecule is O=C(c1ccc(O)cc1O)N(Cc1cccnc1)c1ccc(-c2nc3ccccc3o2)cc1. The highest BCUT2D eigenvalue weighted by atomic mass is 16.3. The van der Waals surface area contributed by atoms with Crippen molar-refractivity contribution in [1.82, 2.24) is 9.97 Å². The molecule has 0 spiro atoms. The Balaban J connectivity index is 1.50. The van der Waals surface area contributed by atoms with E-state index >= 15 is 0 Å². The minimum Gasteiger partial charge on any atom is -0.508 e. The highest BCUT2D eigenvalue weighted by Crippen LogP contribution is 2.30. The number of fused-ring (bicyclic) bond motifs is 1. The second kappa shape index (κ2) is 8.47. The molecule has 5 aromatic rings. The molecule has 0 saturated heterocycles. The maximum absolute atomic E-state index is 13.4. The van der Waals surface area contributed by atoms with E-state index in [-0.39, 0.29) is 23.6 Å². The Hall–Kier alpha value is -4.65. The van der Waals surface area contributed by atoms with Crippen molar-refractivity contribution in [3.8, 4) is 23.0 Å². The summed E-state index contributed by atoms with van der Waals surface area (Å²) in [6.45, 7) is 0.245. The van der Waals surface area contributed by atoms with E-state index < -0.39 is 5.91 Å². The number of hydrogen-bond acceptors (Lipinski definition) is 6. The molecule has 0 fully saturated rings. The topological polar surface area (TPSA) is 99.7 Å². The minimum atomic E-state index is -0.411. The van der Waals surface area contributed by atoms with Crippen molar-refractivity contribution < 1.29 is 19.4 Å². The standard InChI is InChI=1S/C26H19N3O4/c30-20-11-12-21(23(31)14-20)26(32)29(16-17-4-3-13-27-15-17)19-9-7-18(8-10-19)25-28-22-5-1-2-6-24(22)33-25/h1-15,30-31H,16H2. The van der Waals surface area contributed by atoms with Crippen LogP contribution in [0.4, 0.5) is 5.69 Å². The number of carbonyl (C=O) groups excluding carboxylic acids is 1. The van der Waals surface area contributed by atoms with Crippen LogP contribution in [0, 0.1) is 0 Å². The van der Waals surface area contributed by atoms with Gasteiger partial charge in [0, 0.05) is 29.7 Å². The summed E-state index contributed by atoms with van der Waals surface area (Å²) in [4.78, 5) is 23.6. The number of nitrogens with zero attached hydrogens (tertiary/aromatic N) is 3. The Labute approximate surface area is 189 Å². The van der Waals surface area contributed by atoms with Gasteiger partial charge in [-0.15, -0.1) is 0 Å². The van der Waals surface area contributed by atoms with Gasteiger partial charge >= 0.3 is 0 Å². The van der Waals surface area contributed by atoms with E-state index in [9.17, 15) is 15.0 Å². The highest BCUT2D eigenvalue weighted by molar-refractivity contribution is 6.08. The lowest BCUT2D eigenvalue weighted by atomic mass is 10.1. The second-order valence-electron chi connectivity index (χ2n) is 7.49. The Bertz CT molecular complexity index is 1400. The van der Waals surface area contributed by atoms with Gasteiger partial charge < -0.3 is 19.5 Å². The van der Waals surface area contributed by atoms with Crippen molar-refractivity contribution in [2.75, 3.05) is 4.90 Å². The average Bonchev–Trinajstić information content (AvgIpc) is 3.27. The zero-order chi connectivity index (χ0) is 22.8. The number of amides is 1. The predicted molar refractivity (Wildman–Crippen MR) is 124 cm³/mol. The summed E-state index contributed by atoms with van der Waals surface area (Å²) in [5.41, 5.74) is 3.78. The van der Waals surface area contributed by atoms with Crippen LogP contribution in [0.2, 0.25) is 0 Å². The fourth-order valence-corrected chi connectivity index (χ4v) is 3.58. The Morgan fingerprint density at radius 3 is 2.48 bits per heavy atom. The van der Waals surface area contributed by atoms with Crippen molar-refractivity contribution in [2.24, 2.45) is 0 Å². The monoisotopic (exact) mass is 437 g/mol. The summed E-state index contributed by atoms with van der Waals surface area (Å²) in [5, 5.41) is 19.8. The summed E-state index contributed by atoms with van der Waals surface area (Å²) in [6, 6.07) is 22.4. The Morgan fingerprint density at radius 2 is 1.76 bits per heavy atom. The largest absolute Gasteiger partial charge is 0.508 e. The van der Waals surface area contributed by atoms with Crippen molar-refractivity contribution in [2.45, 2.75) is 6.54 Å². The van der Waals surface area contributed by atoms with Crippen LogP contribution in [0.25, 0.3) is 22.6 Å². The first-order chi connectivity index (χ1) is 16.1. The van der Waals surface area contributed by atoms with Gasteiger partial charge in [-0.05, 0) is 60.2 Å². The van der Waals surface area contributed by atoms with Gasteiger partial charge in [0.05, 0.1) is 12.1 Å². The number of phenolic OH excluding ortho intramolecular Hbond substituents is 2. The molecule has 0 unspecified atom stereocenters. The van der Waals surface area contributed by atoms with E-state index in [1.807, 2.05) is 42.5 Å². The van der Waals surface area contributed by atoms with E-state index in [2.05, 4.69) is 9.97 Å². The minimum absolute atomic E-state index is 0.0831. The maximum atomic E-state index is 13.4. The first-order valence-electron chi connectivity index (χ1n) is 10.3. The van der Waals surface area contributed by atoms with Crippen LogP contribution in [0.3, 0.4) is 0 Å². The first-order valence-corrected chi connectivity index (χ1v) is 10.3. The van der Waals surface area contributed by atoms with Gasteiger partial charge in [0.2, 0.25) is 5.89 Å². The lowest BCUT2D eigenvalue weighted by Crippen LogP contribution is -2.30. The molecule has 0 aliphatic rings. The van der Waals surface area contributed by atoms with Gasteiger partial charge in [0.1, 0.15) is 17.0 Å². The van der Waals surface area contributed by atoms with E-state index in [0.717, 1.165) is 22.7 Å². The summed E-state index contributed by atoms with van der Waals surface area (Å²) < 4.78 is 5.84. The molecule has 0 bridgehead atoms. The van der Waals surface area contributed by atoms with Crippen molar-refractivity contribution in [3.63, 3.8) is 0 Å². The number of para-hydroxylation sites is 2. The van der Waals surface area contributed by atoms with Crippen molar-refractivity contribution in [3.05, 3.63) is 102 Å². The first kappa shape index (κ1) is 20.3. The summed E-state index contributed by atoms with van der Waals surface area (Å²) in [5.74, 6) is -0.333. The molecule has 162 valence electrons. The highest BCUT2D eigenvalue weighted by Gasteiger charge is 2.22. The Morgan fingerprint density at radius 1 is 0.939 bits per heavy atom.